The van der Waals surface area contributed by atoms with Crippen LogP contribution in [0.15, 0.2) is 60.7 Å². The average molecular weight is 673 g/mol. The maximum Gasteiger partial charge on any atom is 0.262 e. The molecule has 1 fully saturated rings. The summed E-state index contributed by atoms with van der Waals surface area (Å²) in [7, 11) is 2.15. The minimum atomic E-state index is -0.286. The quantitative estimate of drug-likeness (QED) is 0.119. The van der Waals surface area contributed by atoms with Crippen LogP contribution in [0.5, 0.6) is 17.2 Å². The molecule has 4 N–H and O–H groups in total. The second kappa shape index (κ2) is 17.5. The Bertz CT molecular complexity index is 1540. The molecule has 0 unspecified atom stereocenters. The lowest BCUT2D eigenvalue weighted by molar-refractivity contribution is -0.132. The van der Waals surface area contributed by atoms with Gasteiger partial charge in [0.2, 0.25) is 5.91 Å². The first-order valence-corrected chi connectivity index (χ1v) is 17.7. The summed E-state index contributed by atoms with van der Waals surface area (Å²) in [6.45, 7) is 7.50. The third-order valence-corrected chi connectivity index (χ3v) is 9.83. The number of nitrogens with zero attached hydrogens (tertiary/aromatic N) is 2. The number of nitrogens with one attached hydrogen (secondary N) is 2. The molecule has 0 radical (unpaired) electrons. The van der Waals surface area contributed by atoms with E-state index < -0.39 is 0 Å². The van der Waals surface area contributed by atoms with E-state index in [1.54, 1.807) is 6.07 Å². The Morgan fingerprint density at radius 3 is 2.55 bits per heavy atom. The number of anilines is 1. The van der Waals surface area contributed by atoms with Crippen LogP contribution >= 0.6 is 0 Å². The number of aromatic hydroxyl groups is 2. The van der Waals surface area contributed by atoms with Crippen molar-refractivity contribution in [2.45, 2.75) is 57.3 Å². The number of amides is 2. The lowest BCUT2D eigenvalue weighted by atomic mass is 9.67. The summed E-state index contributed by atoms with van der Waals surface area (Å²) in [5.41, 5.74) is 4.35. The van der Waals surface area contributed by atoms with Gasteiger partial charge in [-0.2, -0.15) is 0 Å². The van der Waals surface area contributed by atoms with E-state index >= 15 is 0 Å². The Balaban J connectivity index is 1.07. The second-order valence-electron chi connectivity index (χ2n) is 13.2. The predicted octanol–water partition coefficient (Wildman–Crippen LogP) is 4.85. The van der Waals surface area contributed by atoms with Crippen molar-refractivity contribution in [3.63, 3.8) is 0 Å². The number of hydrogen-bond donors (Lipinski definition) is 4. The maximum atomic E-state index is 13.1. The van der Waals surface area contributed by atoms with E-state index in [1.165, 1.54) is 5.56 Å². The minimum Gasteiger partial charge on any atom is -0.508 e. The van der Waals surface area contributed by atoms with E-state index in [1.807, 2.05) is 29.2 Å². The fourth-order valence-corrected chi connectivity index (χ4v) is 6.89. The van der Waals surface area contributed by atoms with Gasteiger partial charge in [0.05, 0.1) is 19.6 Å². The predicted molar refractivity (Wildman–Crippen MR) is 191 cm³/mol. The first-order chi connectivity index (χ1) is 23.8. The lowest BCUT2D eigenvalue weighted by Crippen LogP contribution is -2.41. The highest BCUT2D eigenvalue weighted by molar-refractivity contribution is 5.97. The van der Waals surface area contributed by atoms with Crippen LogP contribution in [0, 0.1) is 0 Å². The van der Waals surface area contributed by atoms with Gasteiger partial charge in [-0.1, -0.05) is 61.9 Å². The monoisotopic (exact) mass is 672 g/mol. The summed E-state index contributed by atoms with van der Waals surface area (Å²) in [6, 6.07) is 19.9. The number of hydrogen-bond acceptors (Lipinski definition) is 8. The van der Waals surface area contributed by atoms with Crippen LogP contribution in [0.25, 0.3) is 0 Å². The third kappa shape index (κ3) is 9.32. The summed E-state index contributed by atoms with van der Waals surface area (Å²) in [5.74, 6) is 0.648. The van der Waals surface area contributed by atoms with E-state index in [4.69, 9.17) is 9.47 Å². The van der Waals surface area contributed by atoms with E-state index in [2.05, 4.69) is 59.8 Å². The summed E-state index contributed by atoms with van der Waals surface area (Å²) >= 11 is 0. The molecule has 2 heterocycles. The number of carbonyl (C=O) groups excluding carboxylic acids is 2. The first-order valence-electron chi connectivity index (χ1n) is 17.7. The van der Waals surface area contributed by atoms with Gasteiger partial charge in [0.1, 0.15) is 17.2 Å². The van der Waals surface area contributed by atoms with Crippen molar-refractivity contribution in [1.29, 1.82) is 0 Å². The van der Waals surface area contributed by atoms with E-state index in [0.717, 1.165) is 55.5 Å². The molecule has 0 atom stereocenters. The van der Waals surface area contributed by atoms with Crippen molar-refractivity contribution < 1.29 is 29.3 Å². The van der Waals surface area contributed by atoms with Crippen molar-refractivity contribution in [1.82, 2.24) is 15.1 Å². The Labute approximate surface area is 290 Å². The van der Waals surface area contributed by atoms with Gasteiger partial charge in [0, 0.05) is 30.6 Å². The fraction of sp³-hybridized carbons (Fsp3) is 0.487. The number of likely N-dealkylation sites (tertiary alicyclic amines) is 1. The molecule has 10 heteroatoms. The van der Waals surface area contributed by atoms with Gasteiger partial charge in [0.25, 0.3) is 5.91 Å². The molecule has 5 rings (SSSR count). The fourth-order valence-electron chi connectivity index (χ4n) is 6.89. The molecule has 3 aromatic rings. The molecule has 0 spiro atoms. The van der Waals surface area contributed by atoms with Gasteiger partial charge in [-0.05, 0) is 87.6 Å². The second-order valence-corrected chi connectivity index (χ2v) is 13.2. The standard InChI is InChI=1S/C39H52N4O6/c1-3-4-21-43(24-20-40-19-14-30-11-13-34(45)37-38(30)49-28-35(46)41-37)36(47)16-26-48-25-15-29-10-12-33(44)32(27-29)39(17-22-42(2)23-18-39)31-8-6-5-7-9-31/h5-13,27,40,44-45H,3-4,14-26,28H2,1-2H3,(H,41,46). The Morgan fingerprint density at radius 1 is 1.00 bits per heavy atom. The summed E-state index contributed by atoms with van der Waals surface area (Å²) < 4.78 is 11.5. The largest absolute Gasteiger partial charge is 0.508 e. The van der Waals surface area contributed by atoms with Crippen LogP contribution in [-0.2, 0) is 32.6 Å². The van der Waals surface area contributed by atoms with Crippen molar-refractivity contribution in [3.8, 4) is 17.2 Å². The van der Waals surface area contributed by atoms with Crippen LogP contribution in [0.1, 0.15) is 61.3 Å². The van der Waals surface area contributed by atoms with Crippen molar-refractivity contribution in [2.75, 3.05) is 71.5 Å². The zero-order chi connectivity index (χ0) is 34.6. The molecule has 0 saturated carbocycles. The number of phenols is 2. The van der Waals surface area contributed by atoms with Gasteiger partial charge in [-0.15, -0.1) is 0 Å². The highest BCUT2D eigenvalue weighted by Crippen LogP contribution is 2.45. The highest BCUT2D eigenvalue weighted by atomic mass is 16.5. The molecule has 1 saturated heterocycles. The third-order valence-electron chi connectivity index (χ3n) is 9.83. The molecule has 3 aromatic carbocycles. The van der Waals surface area contributed by atoms with Gasteiger partial charge < -0.3 is 40.1 Å². The smallest absolute Gasteiger partial charge is 0.262 e. The molecule has 0 bridgehead atoms. The van der Waals surface area contributed by atoms with Gasteiger partial charge in [0.15, 0.2) is 12.4 Å². The summed E-state index contributed by atoms with van der Waals surface area (Å²) in [4.78, 5) is 29.1. The van der Waals surface area contributed by atoms with Crippen LogP contribution in [0.3, 0.4) is 0 Å². The highest BCUT2D eigenvalue weighted by Gasteiger charge is 2.39. The average Bonchev–Trinajstić information content (AvgIpc) is 3.11. The molecule has 10 nitrogen and oxygen atoms in total. The Morgan fingerprint density at radius 2 is 1.78 bits per heavy atom. The van der Waals surface area contributed by atoms with Crippen LogP contribution in [-0.4, -0.2) is 98.0 Å². The molecule has 2 amide bonds. The zero-order valence-electron chi connectivity index (χ0n) is 29.0. The van der Waals surface area contributed by atoms with E-state index in [9.17, 15) is 19.8 Å². The normalized spacial score (nSPS) is 15.7. The van der Waals surface area contributed by atoms with Gasteiger partial charge in [-0.3, -0.25) is 9.59 Å². The van der Waals surface area contributed by atoms with E-state index in [0.29, 0.717) is 75.8 Å². The van der Waals surface area contributed by atoms with Crippen LogP contribution in [0.4, 0.5) is 5.69 Å². The number of piperidine rings is 1. The SMILES string of the molecule is CCCCN(CCNCCc1ccc(O)c2c1OCC(=O)N2)C(=O)CCOCCc1ccc(O)c(C2(c3ccccc3)CCN(C)CC2)c1. The maximum absolute atomic E-state index is 13.1. The molecular weight excluding hydrogens is 620 g/mol. The number of fused-ring (bicyclic) bond motifs is 1. The summed E-state index contributed by atoms with van der Waals surface area (Å²) in [6.07, 6.45) is 5.54. The van der Waals surface area contributed by atoms with Crippen LogP contribution < -0.4 is 15.4 Å². The topological polar surface area (TPSA) is 124 Å². The number of unbranched alkanes of at least 4 members (excludes halogenated alkanes) is 1. The number of benzene rings is 3. The van der Waals surface area contributed by atoms with Gasteiger partial charge in [-0.25, -0.2) is 0 Å². The van der Waals surface area contributed by atoms with Crippen LogP contribution in [0.2, 0.25) is 0 Å². The minimum absolute atomic E-state index is 0.0110. The number of carbonyl (C=O) groups is 2. The molecule has 264 valence electrons. The number of ether oxygens (including phenoxy) is 2. The number of rotatable bonds is 17. The van der Waals surface area contributed by atoms with Crippen molar-refractivity contribution >= 4 is 17.5 Å². The number of phenolic OH excluding ortho intramolecular Hbond substituents is 2. The molecular formula is C39H52N4O6. The first kappa shape index (κ1) is 36.2. The summed E-state index contributed by atoms with van der Waals surface area (Å²) in [5, 5.41) is 27.2. The van der Waals surface area contributed by atoms with Gasteiger partial charge >= 0.3 is 0 Å². The molecule has 2 aliphatic heterocycles. The molecule has 49 heavy (non-hydrogen) atoms. The van der Waals surface area contributed by atoms with E-state index in [-0.39, 0.29) is 29.6 Å². The lowest BCUT2D eigenvalue weighted by Gasteiger charge is -2.42. The zero-order valence-corrected chi connectivity index (χ0v) is 29.0. The molecule has 0 aromatic heterocycles. The Kier molecular flexibility index (Phi) is 12.9. The van der Waals surface area contributed by atoms with Crippen molar-refractivity contribution in [3.05, 3.63) is 82.9 Å². The van der Waals surface area contributed by atoms with Crippen molar-refractivity contribution in [2.24, 2.45) is 0 Å². The molecule has 2 aliphatic rings. The molecule has 0 aliphatic carbocycles. The Hall–Kier alpha value is -4.12.